The van der Waals surface area contributed by atoms with Gasteiger partial charge in [-0.2, -0.15) is 0 Å². The second-order valence-corrected chi connectivity index (χ2v) is 7.30. The molecule has 1 aromatic heterocycles. The Kier molecular flexibility index (Phi) is 5.32. The van der Waals surface area contributed by atoms with Gasteiger partial charge in [0.05, 0.1) is 23.8 Å². The predicted octanol–water partition coefficient (Wildman–Crippen LogP) is 2.77. The molecule has 5 heteroatoms. The van der Waals surface area contributed by atoms with E-state index in [-0.39, 0.29) is 12.2 Å². The number of hydrogen-bond acceptors (Lipinski definition) is 4. The van der Waals surface area contributed by atoms with Crippen LogP contribution in [0.4, 0.5) is 0 Å². The fourth-order valence-corrected chi connectivity index (χ4v) is 3.94. The Hall–Kier alpha value is -2.50. The summed E-state index contributed by atoms with van der Waals surface area (Å²) in [5, 5.41) is 9.89. The van der Waals surface area contributed by atoms with E-state index < -0.39 is 0 Å². The van der Waals surface area contributed by atoms with E-state index in [0.717, 1.165) is 37.1 Å². The Balaban J connectivity index is 1.42. The summed E-state index contributed by atoms with van der Waals surface area (Å²) in [6.07, 6.45) is 4.02. The minimum Gasteiger partial charge on any atom is -0.392 e. The van der Waals surface area contributed by atoms with Crippen LogP contribution in [0.2, 0.25) is 0 Å². The number of aliphatic hydroxyl groups excluding tert-OH is 1. The Bertz CT molecular complexity index is 965. The number of nitrogens with zero attached hydrogens (tertiary/aromatic N) is 3. The highest BCUT2D eigenvalue weighted by molar-refractivity contribution is 5.76. The standard InChI is InChI=1S/C22H25N3O2/c26-15-17-7-9-18(10-8-17)19-4-3-11-24(14-19)12-13-25-16-23-21-6-2-1-5-20(21)22(25)27/h1-2,5-10,16,19,26H,3-4,11-15H2. The first-order chi connectivity index (χ1) is 13.2. The number of aromatic nitrogens is 2. The first-order valence-electron chi connectivity index (χ1n) is 9.61. The Labute approximate surface area is 158 Å². The van der Waals surface area contributed by atoms with Gasteiger partial charge in [0.1, 0.15) is 0 Å². The number of aliphatic hydroxyl groups is 1. The number of para-hydroxylation sites is 1. The molecule has 2 heterocycles. The Morgan fingerprint density at radius 3 is 2.70 bits per heavy atom. The van der Waals surface area contributed by atoms with Gasteiger partial charge in [-0.15, -0.1) is 0 Å². The third-order valence-electron chi connectivity index (χ3n) is 5.53. The van der Waals surface area contributed by atoms with Gasteiger partial charge in [-0.1, -0.05) is 36.4 Å². The third kappa shape index (κ3) is 3.94. The van der Waals surface area contributed by atoms with E-state index in [1.807, 2.05) is 36.4 Å². The van der Waals surface area contributed by atoms with Crippen LogP contribution >= 0.6 is 0 Å². The first kappa shape index (κ1) is 17.9. The van der Waals surface area contributed by atoms with Crippen LogP contribution in [0.1, 0.15) is 29.9 Å². The van der Waals surface area contributed by atoms with Crippen molar-refractivity contribution in [2.45, 2.75) is 31.9 Å². The number of benzene rings is 2. The molecule has 1 atom stereocenters. The van der Waals surface area contributed by atoms with Crippen molar-refractivity contribution in [3.63, 3.8) is 0 Å². The van der Waals surface area contributed by atoms with Gasteiger partial charge >= 0.3 is 0 Å². The van der Waals surface area contributed by atoms with Gasteiger partial charge in [0.25, 0.3) is 5.56 Å². The molecular weight excluding hydrogens is 338 g/mol. The second kappa shape index (κ2) is 8.03. The van der Waals surface area contributed by atoms with Crippen molar-refractivity contribution in [2.75, 3.05) is 19.6 Å². The van der Waals surface area contributed by atoms with E-state index in [1.165, 1.54) is 12.0 Å². The van der Waals surface area contributed by atoms with Gasteiger partial charge in [0.2, 0.25) is 0 Å². The Morgan fingerprint density at radius 1 is 1.07 bits per heavy atom. The molecule has 5 nitrogen and oxygen atoms in total. The van der Waals surface area contributed by atoms with Crippen LogP contribution in [0.5, 0.6) is 0 Å². The van der Waals surface area contributed by atoms with Crippen LogP contribution in [-0.2, 0) is 13.2 Å². The summed E-state index contributed by atoms with van der Waals surface area (Å²) in [5.74, 6) is 0.512. The van der Waals surface area contributed by atoms with Crippen molar-refractivity contribution in [1.29, 1.82) is 0 Å². The molecule has 0 spiro atoms. The average Bonchev–Trinajstić information content (AvgIpc) is 2.74. The SMILES string of the molecule is O=c1c2ccccc2ncn1CCN1CCCC(c2ccc(CO)cc2)C1. The monoisotopic (exact) mass is 363 g/mol. The number of fused-ring (bicyclic) bond motifs is 1. The largest absolute Gasteiger partial charge is 0.392 e. The minimum atomic E-state index is 0.0359. The van der Waals surface area contributed by atoms with Crippen molar-refractivity contribution in [2.24, 2.45) is 0 Å². The fraction of sp³-hybridized carbons (Fsp3) is 0.364. The molecule has 0 amide bonds. The molecule has 1 saturated heterocycles. The van der Waals surface area contributed by atoms with Crippen LogP contribution in [0.15, 0.2) is 59.7 Å². The van der Waals surface area contributed by atoms with E-state index in [9.17, 15) is 9.90 Å². The third-order valence-corrected chi connectivity index (χ3v) is 5.53. The molecule has 0 radical (unpaired) electrons. The summed E-state index contributed by atoms with van der Waals surface area (Å²) in [5.41, 5.74) is 3.08. The van der Waals surface area contributed by atoms with Crippen LogP contribution in [-0.4, -0.2) is 39.2 Å². The van der Waals surface area contributed by atoms with Gasteiger partial charge in [-0.05, 0) is 48.6 Å². The number of hydrogen-bond donors (Lipinski definition) is 1. The highest BCUT2D eigenvalue weighted by atomic mass is 16.3. The zero-order chi connectivity index (χ0) is 18.6. The van der Waals surface area contributed by atoms with Crippen molar-refractivity contribution >= 4 is 10.9 Å². The highest BCUT2D eigenvalue weighted by Gasteiger charge is 2.21. The second-order valence-electron chi connectivity index (χ2n) is 7.30. The van der Waals surface area contributed by atoms with E-state index >= 15 is 0 Å². The topological polar surface area (TPSA) is 58.4 Å². The number of piperidine rings is 1. The van der Waals surface area contributed by atoms with Gasteiger partial charge < -0.3 is 10.0 Å². The first-order valence-corrected chi connectivity index (χ1v) is 9.61. The minimum absolute atomic E-state index is 0.0359. The highest BCUT2D eigenvalue weighted by Crippen LogP contribution is 2.27. The van der Waals surface area contributed by atoms with E-state index in [2.05, 4.69) is 22.0 Å². The van der Waals surface area contributed by atoms with Crippen molar-refractivity contribution in [3.8, 4) is 0 Å². The average molecular weight is 363 g/mol. The molecule has 4 rings (SSSR count). The van der Waals surface area contributed by atoms with Gasteiger partial charge in [-0.3, -0.25) is 9.36 Å². The summed E-state index contributed by atoms with van der Waals surface area (Å²) in [6, 6.07) is 15.8. The normalized spacial score (nSPS) is 18.0. The van der Waals surface area contributed by atoms with Crippen LogP contribution < -0.4 is 5.56 Å². The van der Waals surface area contributed by atoms with E-state index in [0.29, 0.717) is 17.8 Å². The van der Waals surface area contributed by atoms with Crippen LogP contribution in [0.3, 0.4) is 0 Å². The molecule has 0 aliphatic carbocycles. The molecule has 1 aliphatic heterocycles. The van der Waals surface area contributed by atoms with Crippen molar-refractivity contribution in [3.05, 3.63) is 76.3 Å². The zero-order valence-corrected chi connectivity index (χ0v) is 15.4. The molecule has 2 aromatic carbocycles. The van der Waals surface area contributed by atoms with Crippen LogP contribution in [0, 0.1) is 0 Å². The summed E-state index contributed by atoms with van der Waals surface area (Å²) < 4.78 is 1.72. The smallest absolute Gasteiger partial charge is 0.261 e. The van der Waals surface area contributed by atoms with E-state index in [1.54, 1.807) is 10.9 Å². The lowest BCUT2D eigenvalue weighted by Gasteiger charge is -2.33. The predicted molar refractivity (Wildman–Crippen MR) is 107 cm³/mol. The summed E-state index contributed by atoms with van der Waals surface area (Å²) in [4.78, 5) is 19.5. The zero-order valence-electron chi connectivity index (χ0n) is 15.4. The maximum Gasteiger partial charge on any atom is 0.261 e. The molecule has 1 unspecified atom stereocenters. The van der Waals surface area contributed by atoms with E-state index in [4.69, 9.17) is 0 Å². The molecule has 1 N–H and O–H groups in total. The number of likely N-dealkylation sites (tertiary alicyclic amines) is 1. The maximum atomic E-state index is 12.6. The molecule has 3 aromatic rings. The molecule has 1 aliphatic rings. The lowest BCUT2D eigenvalue weighted by Crippen LogP contribution is -2.37. The van der Waals surface area contributed by atoms with Gasteiger partial charge in [0, 0.05) is 19.6 Å². The summed E-state index contributed by atoms with van der Waals surface area (Å²) in [7, 11) is 0. The number of rotatable bonds is 5. The molecule has 27 heavy (non-hydrogen) atoms. The quantitative estimate of drug-likeness (QED) is 0.757. The van der Waals surface area contributed by atoms with Crippen molar-refractivity contribution in [1.82, 2.24) is 14.5 Å². The fourth-order valence-electron chi connectivity index (χ4n) is 3.94. The lowest BCUT2D eigenvalue weighted by molar-refractivity contribution is 0.200. The molecule has 1 fully saturated rings. The maximum absolute atomic E-state index is 12.6. The van der Waals surface area contributed by atoms with Gasteiger partial charge in [0.15, 0.2) is 0 Å². The van der Waals surface area contributed by atoms with Crippen molar-refractivity contribution < 1.29 is 5.11 Å². The molecule has 0 bridgehead atoms. The summed E-state index contributed by atoms with van der Waals surface area (Å²) >= 11 is 0. The molecule has 0 saturated carbocycles. The lowest BCUT2D eigenvalue weighted by atomic mass is 9.90. The molecule has 140 valence electrons. The molecular formula is C22H25N3O2. The summed E-state index contributed by atoms with van der Waals surface area (Å²) in [6.45, 7) is 3.68. The van der Waals surface area contributed by atoms with Crippen LogP contribution in [0.25, 0.3) is 10.9 Å². The van der Waals surface area contributed by atoms with Gasteiger partial charge in [-0.25, -0.2) is 4.98 Å². The Morgan fingerprint density at radius 2 is 1.89 bits per heavy atom.